The molecule has 25 heavy (non-hydrogen) atoms. The van der Waals surface area contributed by atoms with Crippen LogP contribution in [0.5, 0.6) is 0 Å². The molecule has 4 rings (SSSR count). The van der Waals surface area contributed by atoms with Gasteiger partial charge in [-0.15, -0.1) is 0 Å². The highest BCUT2D eigenvalue weighted by atomic mass is 16.3. The predicted octanol–water partition coefficient (Wildman–Crippen LogP) is 5.48. The zero-order chi connectivity index (χ0) is 17.8. The summed E-state index contributed by atoms with van der Waals surface area (Å²) >= 11 is 0. The van der Waals surface area contributed by atoms with Crippen molar-refractivity contribution in [2.24, 2.45) is 22.7 Å². The van der Waals surface area contributed by atoms with E-state index in [-0.39, 0.29) is 16.9 Å². The largest absolute Gasteiger partial charge is 0.392 e. The Labute approximate surface area is 151 Å². The van der Waals surface area contributed by atoms with E-state index in [2.05, 4.69) is 69.2 Å². The van der Waals surface area contributed by atoms with Gasteiger partial charge in [0.1, 0.15) is 0 Å². The molecule has 134 valence electrons. The standard InChI is InChI=1S/C23H31NO/c1-15-9-10-18-19(11-12-21(25)22(18,2)3)23(15,4)13-16-14-24-20-8-6-5-7-17(16)20/h5-8,11,14-15,18,21,24-25H,9-10,12-13H2,1-4H3/t15-,18+,21-,23+/m1/s1. The average molecular weight is 338 g/mol. The number of hydrogen-bond acceptors (Lipinski definition) is 1. The lowest BCUT2D eigenvalue weighted by molar-refractivity contribution is -0.0190. The third-order valence-electron chi connectivity index (χ3n) is 7.56. The Hall–Kier alpha value is -1.54. The van der Waals surface area contributed by atoms with E-state index in [0.717, 1.165) is 12.8 Å². The minimum atomic E-state index is -0.216. The number of aliphatic hydroxyl groups is 1. The molecule has 1 heterocycles. The summed E-state index contributed by atoms with van der Waals surface area (Å²) < 4.78 is 0. The number of aliphatic hydroxyl groups excluding tert-OH is 1. The first-order valence-corrected chi connectivity index (χ1v) is 9.77. The lowest BCUT2D eigenvalue weighted by atomic mass is 9.51. The number of allylic oxidation sites excluding steroid dienone is 1. The number of nitrogens with one attached hydrogen (secondary N) is 1. The maximum atomic E-state index is 10.6. The summed E-state index contributed by atoms with van der Waals surface area (Å²) in [5, 5.41) is 11.9. The molecule has 2 aromatic rings. The molecule has 2 heteroatoms. The summed E-state index contributed by atoms with van der Waals surface area (Å²) in [6, 6.07) is 8.62. The minimum Gasteiger partial charge on any atom is -0.392 e. The highest BCUT2D eigenvalue weighted by Crippen LogP contribution is 2.57. The Kier molecular flexibility index (Phi) is 3.88. The van der Waals surface area contributed by atoms with Crippen molar-refractivity contribution < 1.29 is 5.11 Å². The fourth-order valence-electron chi connectivity index (χ4n) is 5.45. The quantitative estimate of drug-likeness (QED) is 0.699. The van der Waals surface area contributed by atoms with Crippen molar-refractivity contribution in [1.29, 1.82) is 0 Å². The molecular weight excluding hydrogens is 306 g/mol. The van der Waals surface area contributed by atoms with Crippen LogP contribution in [-0.2, 0) is 6.42 Å². The molecule has 1 aromatic carbocycles. The van der Waals surface area contributed by atoms with E-state index in [9.17, 15) is 5.11 Å². The number of rotatable bonds is 2. The molecule has 2 aliphatic rings. The average Bonchev–Trinajstić information content (AvgIpc) is 2.98. The van der Waals surface area contributed by atoms with Crippen LogP contribution < -0.4 is 0 Å². The van der Waals surface area contributed by atoms with Gasteiger partial charge < -0.3 is 10.1 Å². The van der Waals surface area contributed by atoms with Crippen molar-refractivity contribution in [3.05, 3.63) is 47.7 Å². The van der Waals surface area contributed by atoms with Gasteiger partial charge in [-0.2, -0.15) is 0 Å². The molecule has 0 aliphatic heterocycles. The summed E-state index contributed by atoms with van der Waals surface area (Å²) in [7, 11) is 0. The SMILES string of the molecule is C[C@@H]1CC[C@H]2C(=CC[C@@H](O)C2(C)C)[C@@]1(C)Cc1c[nH]c2ccccc12. The van der Waals surface area contributed by atoms with Gasteiger partial charge in [0.15, 0.2) is 0 Å². The first kappa shape index (κ1) is 16.9. The van der Waals surface area contributed by atoms with Crippen molar-refractivity contribution >= 4 is 10.9 Å². The van der Waals surface area contributed by atoms with Gasteiger partial charge in [0.05, 0.1) is 6.10 Å². The van der Waals surface area contributed by atoms with E-state index in [4.69, 9.17) is 0 Å². The number of aromatic amines is 1. The summed E-state index contributed by atoms with van der Waals surface area (Å²) in [6.45, 7) is 9.41. The van der Waals surface area contributed by atoms with Gasteiger partial charge in [-0.1, -0.05) is 57.5 Å². The van der Waals surface area contributed by atoms with Gasteiger partial charge in [-0.05, 0) is 60.0 Å². The second-order valence-electron chi connectivity index (χ2n) is 9.22. The molecule has 2 aliphatic carbocycles. The van der Waals surface area contributed by atoms with Crippen molar-refractivity contribution in [3.8, 4) is 0 Å². The van der Waals surface area contributed by atoms with E-state index < -0.39 is 0 Å². The monoisotopic (exact) mass is 337 g/mol. The molecular formula is C23H31NO. The van der Waals surface area contributed by atoms with Crippen molar-refractivity contribution in [2.45, 2.75) is 59.5 Å². The van der Waals surface area contributed by atoms with Crippen LogP contribution in [0.1, 0.15) is 52.5 Å². The van der Waals surface area contributed by atoms with Crippen molar-refractivity contribution in [2.75, 3.05) is 0 Å². The lowest BCUT2D eigenvalue weighted by Crippen LogP contribution is -2.48. The van der Waals surface area contributed by atoms with E-state index in [0.29, 0.717) is 11.8 Å². The first-order chi connectivity index (χ1) is 11.8. The summed E-state index contributed by atoms with van der Waals surface area (Å²) in [5.41, 5.74) is 4.41. The van der Waals surface area contributed by atoms with Crippen LogP contribution in [0, 0.1) is 22.7 Å². The molecule has 2 nitrogen and oxygen atoms in total. The van der Waals surface area contributed by atoms with Crippen LogP contribution in [0.3, 0.4) is 0 Å². The number of H-pyrrole nitrogens is 1. The van der Waals surface area contributed by atoms with Gasteiger partial charge >= 0.3 is 0 Å². The molecule has 0 amide bonds. The van der Waals surface area contributed by atoms with Crippen LogP contribution in [0.25, 0.3) is 10.9 Å². The zero-order valence-electron chi connectivity index (χ0n) is 16.0. The number of para-hydroxylation sites is 1. The number of benzene rings is 1. The molecule has 0 spiro atoms. The Morgan fingerprint density at radius 2 is 1.92 bits per heavy atom. The number of aromatic nitrogens is 1. The summed E-state index contributed by atoms with van der Waals surface area (Å²) in [6.07, 6.45) is 8.70. The van der Waals surface area contributed by atoms with Gasteiger partial charge in [0.25, 0.3) is 0 Å². The van der Waals surface area contributed by atoms with Crippen molar-refractivity contribution in [1.82, 2.24) is 4.98 Å². The van der Waals surface area contributed by atoms with Gasteiger partial charge in [-0.3, -0.25) is 0 Å². The molecule has 1 aromatic heterocycles. The molecule has 1 fully saturated rings. The smallest absolute Gasteiger partial charge is 0.0631 e. The van der Waals surface area contributed by atoms with Crippen molar-refractivity contribution in [3.63, 3.8) is 0 Å². The van der Waals surface area contributed by atoms with E-state index in [1.54, 1.807) is 5.57 Å². The molecule has 0 unspecified atom stereocenters. The van der Waals surface area contributed by atoms with Crippen LogP contribution in [0.15, 0.2) is 42.1 Å². The van der Waals surface area contributed by atoms with Gasteiger partial charge in [-0.25, -0.2) is 0 Å². The first-order valence-electron chi connectivity index (χ1n) is 9.77. The second kappa shape index (κ2) is 5.74. The molecule has 0 radical (unpaired) electrons. The summed E-state index contributed by atoms with van der Waals surface area (Å²) in [5.74, 6) is 1.16. The molecule has 2 N–H and O–H groups in total. The topological polar surface area (TPSA) is 36.0 Å². The fraction of sp³-hybridized carbons (Fsp3) is 0.565. The van der Waals surface area contributed by atoms with Crippen LogP contribution >= 0.6 is 0 Å². The molecule has 4 atom stereocenters. The Morgan fingerprint density at radius 1 is 1.16 bits per heavy atom. The van der Waals surface area contributed by atoms with E-state index >= 15 is 0 Å². The van der Waals surface area contributed by atoms with Gasteiger partial charge in [0.2, 0.25) is 0 Å². The maximum absolute atomic E-state index is 10.6. The Morgan fingerprint density at radius 3 is 2.72 bits per heavy atom. The number of hydrogen-bond donors (Lipinski definition) is 2. The van der Waals surface area contributed by atoms with E-state index in [1.165, 1.54) is 29.3 Å². The highest BCUT2D eigenvalue weighted by molar-refractivity contribution is 5.83. The molecule has 0 saturated heterocycles. The Balaban J connectivity index is 1.76. The third-order valence-corrected chi connectivity index (χ3v) is 7.56. The normalized spacial score (nSPS) is 34.6. The summed E-state index contributed by atoms with van der Waals surface area (Å²) in [4.78, 5) is 3.45. The fourth-order valence-corrected chi connectivity index (χ4v) is 5.45. The molecule has 0 bridgehead atoms. The van der Waals surface area contributed by atoms with Crippen LogP contribution in [-0.4, -0.2) is 16.2 Å². The lowest BCUT2D eigenvalue weighted by Gasteiger charge is -2.54. The molecule has 1 saturated carbocycles. The number of fused-ring (bicyclic) bond motifs is 2. The Bertz CT molecular complexity index is 814. The maximum Gasteiger partial charge on any atom is 0.0631 e. The predicted molar refractivity (Wildman–Crippen MR) is 104 cm³/mol. The third kappa shape index (κ3) is 2.49. The van der Waals surface area contributed by atoms with Crippen LogP contribution in [0.4, 0.5) is 0 Å². The highest BCUT2D eigenvalue weighted by Gasteiger charge is 2.50. The second-order valence-corrected chi connectivity index (χ2v) is 9.22. The van der Waals surface area contributed by atoms with Crippen LogP contribution in [0.2, 0.25) is 0 Å². The zero-order valence-corrected chi connectivity index (χ0v) is 16.0. The minimum absolute atomic E-state index is 0.0221. The van der Waals surface area contributed by atoms with Gasteiger partial charge in [0, 0.05) is 17.1 Å². The van der Waals surface area contributed by atoms with E-state index in [1.807, 2.05) is 0 Å².